The summed E-state index contributed by atoms with van der Waals surface area (Å²) in [6, 6.07) is 0. The maximum atomic E-state index is 13.3. The zero-order chi connectivity index (χ0) is 30.0. The highest BCUT2D eigenvalue weighted by atomic mass is 32.2. The van der Waals surface area contributed by atoms with Gasteiger partial charge in [0.25, 0.3) is 10.1 Å². The number of nitrogens with two attached hydrogens (primary N) is 1. The molecule has 1 aromatic heterocycles. The summed E-state index contributed by atoms with van der Waals surface area (Å²) in [6.07, 6.45) is -1.49. The molecule has 0 radical (unpaired) electrons. The number of hydrogen-bond acceptors (Lipinski definition) is 10. The molecule has 2 aliphatic heterocycles. The lowest BCUT2D eigenvalue weighted by Crippen LogP contribution is -2.59. The van der Waals surface area contributed by atoms with Crippen LogP contribution in [0.25, 0.3) is 0 Å². The summed E-state index contributed by atoms with van der Waals surface area (Å²) >= 11 is 0. The molecule has 0 aliphatic carbocycles. The van der Waals surface area contributed by atoms with Crippen LogP contribution < -0.4 is 16.7 Å². The van der Waals surface area contributed by atoms with Crippen LogP contribution in [-0.4, -0.2) is 66.1 Å². The number of rotatable bonds is 7. The lowest BCUT2D eigenvalue weighted by Gasteiger charge is -2.43. The van der Waals surface area contributed by atoms with Crippen LogP contribution in [-0.2, 0) is 27.9 Å². The van der Waals surface area contributed by atoms with E-state index in [-0.39, 0.29) is 22.4 Å². The largest absolute Gasteiger partial charge is 0.414 e. The first-order valence-corrected chi connectivity index (χ1v) is 20.5. The third-order valence-electron chi connectivity index (χ3n) is 8.72. The number of ether oxygens (including phenoxy) is 1. The van der Waals surface area contributed by atoms with Crippen LogP contribution in [0.3, 0.4) is 0 Å². The van der Waals surface area contributed by atoms with Crippen molar-refractivity contribution in [2.24, 2.45) is 5.73 Å². The summed E-state index contributed by atoms with van der Waals surface area (Å²) in [5.74, 6) is 0.433. The summed E-state index contributed by atoms with van der Waals surface area (Å²) in [4.78, 5) is 17.4. The number of nitrogens with one attached hydrogen (secondary N) is 1. The molecule has 4 atom stereocenters. The maximum Gasteiger partial charge on any atom is 0.351 e. The molecule has 3 rings (SSSR count). The molecule has 2 aliphatic rings. The molecule has 0 amide bonds. The van der Waals surface area contributed by atoms with Gasteiger partial charge in [-0.25, -0.2) is 8.98 Å². The quantitative estimate of drug-likeness (QED) is 0.349. The van der Waals surface area contributed by atoms with Crippen LogP contribution in [0.2, 0.25) is 36.3 Å². The highest BCUT2D eigenvalue weighted by molar-refractivity contribution is 7.90. The van der Waals surface area contributed by atoms with Crippen LogP contribution in [0.4, 0.5) is 5.82 Å². The average molecular weight is 603 g/mol. The minimum absolute atomic E-state index is 0.00414. The van der Waals surface area contributed by atoms with E-state index in [9.17, 15) is 13.2 Å². The SMILES string of the molecule is CNc1nc(=O)n(C2OC(CO[Si](C)(C)C(C)(C)C)C3(OS(=O)(=O)C=C3N)C2O[Si](C)(C)C(C)(C)C)cc1C. The fourth-order valence-corrected chi connectivity index (χ4v) is 7.72. The number of aromatic nitrogens is 2. The molecule has 14 heteroatoms. The normalized spacial score (nSPS) is 27.7. The van der Waals surface area contributed by atoms with Crippen LogP contribution in [0, 0.1) is 6.92 Å². The minimum Gasteiger partial charge on any atom is -0.414 e. The van der Waals surface area contributed by atoms with E-state index in [4.69, 9.17) is 23.5 Å². The standard InChI is InChI=1S/C25H46N4O7SSi2/c1-16-13-29(22(30)28-20(16)27-8)21-19(35-39(11,12)24(5,6)7)25(17(26)15-37(31,32)36-25)18(34-21)14-33-38(9,10)23(2,3)4/h13,15,18-19,21H,14,26H2,1-12H3,(H,27,28,30). The lowest BCUT2D eigenvalue weighted by atomic mass is 9.89. The fraction of sp³-hybridized carbons (Fsp3) is 0.760. The molecule has 11 nitrogen and oxygen atoms in total. The summed E-state index contributed by atoms with van der Waals surface area (Å²) in [5, 5.41) is 3.46. The van der Waals surface area contributed by atoms with Gasteiger partial charge in [-0.3, -0.25) is 4.57 Å². The van der Waals surface area contributed by atoms with E-state index >= 15 is 0 Å². The Morgan fingerprint density at radius 3 is 2.15 bits per heavy atom. The molecule has 0 saturated carbocycles. The van der Waals surface area contributed by atoms with E-state index < -0.39 is 56.5 Å². The van der Waals surface area contributed by atoms with Crippen molar-refractivity contribution >= 4 is 32.6 Å². The Bertz CT molecular complexity index is 1300. The van der Waals surface area contributed by atoms with Crippen LogP contribution >= 0.6 is 0 Å². The Balaban J connectivity index is 2.24. The summed E-state index contributed by atoms with van der Waals surface area (Å²) in [7, 11) is -7.37. The zero-order valence-electron chi connectivity index (χ0n) is 25.3. The van der Waals surface area contributed by atoms with E-state index in [1.54, 1.807) is 13.2 Å². The predicted octanol–water partition coefficient (Wildman–Crippen LogP) is 3.80. The zero-order valence-corrected chi connectivity index (χ0v) is 28.1. The van der Waals surface area contributed by atoms with Crippen molar-refractivity contribution in [2.45, 2.75) is 109 Å². The summed E-state index contributed by atoms with van der Waals surface area (Å²) < 4.78 is 52.8. The van der Waals surface area contributed by atoms with Gasteiger partial charge in [0.05, 0.1) is 17.7 Å². The van der Waals surface area contributed by atoms with Gasteiger partial charge in [-0.15, -0.1) is 0 Å². The summed E-state index contributed by atoms with van der Waals surface area (Å²) in [6.45, 7) is 22.6. The van der Waals surface area contributed by atoms with Crippen LogP contribution in [0.1, 0.15) is 53.3 Å². The molecule has 222 valence electrons. The maximum absolute atomic E-state index is 13.3. The second kappa shape index (κ2) is 10.1. The van der Waals surface area contributed by atoms with Gasteiger partial charge >= 0.3 is 5.69 Å². The van der Waals surface area contributed by atoms with E-state index in [1.165, 1.54) is 4.57 Å². The average Bonchev–Trinajstić information content (AvgIpc) is 3.18. The number of nitrogens with zero attached hydrogens (tertiary/aromatic N) is 2. The molecule has 3 heterocycles. The van der Waals surface area contributed by atoms with Crippen molar-refractivity contribution in [1.82, 2.24) is 9.55 Å². The Kier molecular flexibility index (Phi) is 8.25. The third kappa shape index (κ3) is 5.79. The van der Waals surface area contributed by atoms with E-state index in [1.807, 2.05) is 20.0 Å². The Morgan fingerprint density at radius 2 is 1.69 bits per heavy atom. The molecule has 1 saturated heterocycles. The van der Waals surface area contributed by atoms with Crippen molar-refractivity contribution in [3.05, 3.63) is 33.3 Å². The first-order valence-electron chi connectivity index (χ1n) is 13.2. The molecular weight excluding hydrogens is 557 g/mol. The topological polar surface area (TPSA) is 144 Å². The first-order chi connectivity index (χ1) is 17.5. The van der Waals surface area contributed by atoms with Gasteiger partial charge in [0.15, 0.2) is 28.5 Å². The van der Waals surface area contributed by atoms with Gasteiger partial charge in [0.1, 0.15) is 18.0 Å². The van der Waals surface area contributed by atoms with E-state index in [0.29, 0.717) is 11.4 Å². The Morgan fingerprint density at radius 1 is 1.13 bits per heavy atom. The molecule has 1 aromatic rings. The number of hydrogen-bond donors (Lipinski definition) is 2. The molecule has 39 heavy (non-hydrogen) atoms. The molecule has 0 bridgehead atoms. The lowest BCUT2D eigenvalue weighted by molar-refractivity contribution is -0.0562. The molecule has 0 aromatic carbocycles. The van der Waals surface area contributed by atoms with Gasteiger partial charge in [-0.1, -0.05) is 41.5 Å². The summed E-state index contributed by atoms with van der Waals surface area (Å²) in [5.41, 5.74) is 4.85. The number of aryl methyl sites for hydroxylation is 1. The highest BCUT2D eigenvalue weighted by Gasteiger charge is 2.67. The Labute approximate surface area is 234 Å². The molecule has 4 unspecified atom stereocenters. The van der Waals surface area contributed by atoms with Gasteiger partial charge in [-0.2, -0.15) is 13.4 Å². The van der Waals surface area contributed by atoms with Crippen molar-refractivity contribution < 1.29 is 26.2 Å². The molecule has 3 N–H and O–H groups in total. The van der Waals surface area contributed by atoms with Crippen molar-refractivity contribution in [3.8, 4) is 0 Å². The van der Waals surface area contributed by atoms with Gasteiger partial charge in [0, 0.05) is 18.8 Å². The molecule has 1 spiro atoms. The van der Waals surface area contributed by atoms with Gasteiger partial charge < -0.3 is 24.6 Å². The van der Waals surface area contributed by atoms with Crippen molar-refractivity contribution in [1.29, 1.82) is 0 Å². The highest BCUT2D eigenvalue weighted by Crippen LogP contribution is 2.52. The Hall–Kier alpha value is -1.56. The van der Waals surface area contributed by atoms with Crippen molar-refractivity contribution in [2.75, 3.05) is 19.0 Å². The predicted molar refractivity (Wildman–Crippen MR) is 157 cm³/mol. The fourth-order valence-electron chi connectivity index (χ4n) is 4.22. The third-order valence-corrected chi connectivity index (χ3v) is 18.7. The van der Waals surface area contributed by atoms with Crippen LogP contribution in [0.5, 0.6) is 0 Å². The van der Waals surface area contributed by atoms with Crippen LogP contribution in [0.15, 0.2) is 22.1 Å². The number of anilines is 1. The first kappa shape index (κ1) is 32.0. The van der Waals surface area contributed by atoms with Gasteiger partial charge in [0.2, 0.25) is 0 Å². The van der Waals surface area contributed by atoms with E-state index in [0.717, 1.165) is 5.41 Å². The second-order valence-corrected chi connectivity index (χ2v) is 24.5. The molecular formula is C25H46N4O7SSi2. The van der Waals surface area contributed by atoms with E-state index in [2.05, 4.69) is 64.9 Å². The monoisotopic (exact) mass is 602 g/mol. The molecule has 1 fully saturated rings. The second-order valence-electron chi connectivity index (χ2n) is 13.5. The van der Waals surface area contributed by atoms with Crippen molar-refractivity contribution in [3.63, 3.8) is 0 Å². The smallest absolute Gasteiger partial charge is 0.351 e. The van der Waals surface area contributed by atoms with Gasteiger partial charge in [-0.05, 0) is 43.2 Å². The minimum atomic E-state index is -4.15.